The minimum Gasteiger partial charge on any atom is -0.457 e. The van der Waals surface area contributed by atoms with Gasteiger partial charge in [-0.15, -0.1) is 11.8 Å². The second-order valence-corrected chi connectivity index (χ2v) is 12.9. The van der Waals surface area contributed by atoms with Gasteiger partial charge in [-0.1, -0.05) is 43.6 Å². The van der Waals surface area contributed by atoms with E-state index in [-0.39, 0.29) is 48.6 Å². The Balaban J connectivity index is 1.45. The molecule has 2 fully saturated rings. The number of rotatable bonds is 10. The molecule has 2 aromatic rings. The van der Waals surface area contributed by atoms with E-state index in [4.69, 9.17) is 9.47 Å². The van der Waals surface area contributed by atoms with Crippen molar-refractivity contribution in [1.82, 2.24) is 14.2 Å². The van der Waals surface area contributed by atoms with E-state index < -0.39 is 36.2 Å². The van der Waals surface area contributed by atoms with Crippen LogP contribution >= 0.6 is 23.1 Å². The van der Waals surface area contributed by atoms with Gasteiger partial charge in [-0.2, -0.15) is 4.40 Å². The Morgan fingerprint density at radius 3 is 2.66 bits per heavy atom. The van der Waals surface area contributed by atoms with Gasteiger partial charge in [-0.3, -0.25) is 4.79 Å². The van der Waals surface area contributed by atoms with E-state index in [1.54, 1.807) is 6.92 Å². The zero-order chi connectivity index (χ0) is 29.6. The van der Waals surface area contributed by atoms with E-state index in [2.05, 4.69) is 13.2 Å². The van der Waals surface area contributed by atoms with Gasteiger partial charge >= 0.3 is 12.1 Å². The average molecular weight is 604 g/mol. The maximum atomic E-state index is 13.2. The Kier molecular flexibility index (Phi) is 8.33. The second kappa shape index (κ2) is 11.6. The molecule has 0 aromatic carbocycles. The molecule has 5 rings (SSSR count). The maximum absolute atomic E-state index is 13.2. The van der Waals surface area contributed by atoms with Crippen molar-refractivity contribution < 1.29 is 38.6 Å². The van der Waals surface area contributed by atoms with Crippen LogP contribution in [0.3, 0.4) is 0 Å². The van der Waals surface area contributed by atoms with Crippen LogP contribution in [0.25, 0.3) is 4.83 Å². The predicted molar refractivity (Wildman–Crippen MR) is 153 cm³/mol. The van der Waals surface area contributed by atoms with Gasteiger partial charge in [0.15, 0.2) is 5.69 Å². The van der Waals surface area contributed by atoms with Crippen LogP contribution in [0.15, 0.2) is 53.8 Å². The van der Waals surface area contributed by atoms with Gasteiger partial charge in [-0.25, -0.2) is 14.2 Å². The topological polar surface area (TPSA) is 125 Å². The molecule has 2 saturated heterocycles. The number of thioether (sulfide) groups is 1. The number of likely N-dealkylation sites (tertiary alicyclic amines) is 1. The predicted octanol–water partition coefficient (Wildman–Crippen LogP) is 2.16. The van der Waals surface area contributed by atoms with Crippen molar-refractivity contribution >= 4 is 45.9 Å². The number of nitrogens with zero attached hydrogens (tertiary/aromatic N) is 4. The van der Waals surface area contributed by atoms with Crippen molar-refractivity contribution in [1.29, 1.82) is 0 Å². The molecule has 11 nitrogen and oxygen atoms in total. The van der Waals surface area contributed by atoms with E-state index in [1.807, 2.05) is 40.8 Å². The summed E-state index contributed by atoms with van der Waals surface area (Å²) in [6, 6.07) is -0.950. The molecule has 5 heterocycles. The van der Waals surface area contributed by atoms with Gasteiger partial charge in [0.2, 0.25) is 17.1 Å². The van der Waals surface area contributed by atoms with Crippen molar-refractivity contribution in [3.8, 4) is 0 Å². The number of β-lactam (4-membered cyclic amide) rings is 1. The first-order chi connectivity index (χ1) is 19.6. The summed E-state index contributed by atoms with van der Waals surface area (Å²) in [6.45, 7) is 11.0. The second-order valence-electron chi connectivity index (χ2n) is 10.6. The Hall–Kier alpha value is -3.13. The Morgan fingerprint density at radius 1 is 1.27 bits per heavy atom. The molecule has 0 saturated carbocycles. The summed E-state index contributed by atoms with van der Waals surface area (Å²) in [6.07, 6.45) is 4.78. The number of carbonyl (C=O) groups is 3. The number of aliphatic hydroxyl groups excluding tert-OH is 2. The highest BCUT2D eigenvalue weighted by atomic mass is 32.2. The normalized spacial score (nSPS) is 27.0. The van der Waals surface area contributed by atoms with Crippen molar-refractivity contribution in [2.24, 2.45) is 18.9 Å². The third-order valence-electron chi connectivity index (χ3n) is 7.89. The van der Waals surface area contributed by atoms with Gasteiger partial charge < -0.3 is 29.5 Å². The number of hydrogen-bond donors (Lipinski definition) is 2. The van der Waals surface area contributed by atoms with Crippen molar-refractivity contribution in [2.45, 2.75) is 49.8 Å². The molecule has 3 aliphatic heterocycles. The number of fused-ring (bicyclic) bond motifs is 2. The number of aryl methyl sites for hydroxylation is 1. The summed E-state index contributed by atoms with van der Waals surface area (Å²) < 4.78 is 14.5. The molecule has 41 heavy (non-hydrogen) atoms. The van der Waals surface area contributed by atoms with Crippen molar-refractivity contribution in [3.05, 3.63) is 59.5 Å². The molecule has 0 aliphatic carbocycles. The first-order valence-electron chi connectivity index (χ1n) is 13.5. The van der Waals surface area contributed by atoms with Gasteiger partial charge in [0.25, 0.3) is 0 Å². The number of carbonyl (C=O) groups excluding carboxylic acids is 3. The lowest BCUT2D eigenvalue weighted by Gasteiger charge is -2.46. The number of amides is 2. The fraction of sp³-hybridized carbons (Fsp3) is 0.500. The molecule has 2 N–H and O–H groups in total. The van der Waals surface area contributed by atoms with Crippen LogP contribution < -0.4 is 4.57 Å². The number of ether oxygens (including phenoxy) is 2. The van der Waals surface area contributed by atoms with Crippen molar-refractivity contribution in [2.75, 3.05) is 19.8 Å². The summed E-state index contributed by atoms with van der Waals surface area (Å²) in [5.41, 5.74) is 0.847. The smallest absolute Gasteiger partial charge is 0.410 e. The molecule has 13 heteroatoms. The fourth-order valence-corrected chi connectivity index (χ4v) is 8.58. The number of imidazole rings is 1. The Labute approximate surface area is 246 Å². The number of esters is 1. The molecule has 0 bridgehead atoms. The van der Waals surface area contributed by atoms with Crippen LogP contribution in [0.1, 0.15) is 32.1 Å². The molecule has 7 atom stereocenters. The largest absolute Gasteiger partial charge is 0.457 e. The summed E-state index contributed by atoms with van der Waals surface area (Å²) in [5, 5.41) is 23.5. The van der Waals surface area contributed by atoms with Gasteiger partial charge in [-0.05, 0) is 13.3 Å². The van der Waals surface area contributed by atoms with E-state index in [0.717, 1.165) is 4.83 Å². The van der Waals surface area contributed by atoms with Gasteiger partial charge in [0, 0.05) is 28.0 Å². The molecule has 1 unspecified atom stereocenters. The number of thiazole rings is 1. The fourth-order valence-electron chi connectivity index (χ4n) is 6.06. The quantitative estimate of drug-likeness (QED) is 0.183. The molecule has 220 valence electrons. The van der Waals surface area contributed by atoms with Crippen LogP contribution in [0.4, 0.5) is 4.79 Å². The minimum atomic E-state index is -0.994. The molecular weight excluding hydrogens is 568 g/mol. The van der Waals surface area contributed by atoms with Crippen LogP contribution in [0.2, 0.25) is 0 Å². The summed E-state index contributed by atoms with van der Waals surface area (Å²) in [4.78, 5) is 43.9. The molecule has 2 amide bonds. The summed E-state index contributed by atoms with van der Waals surface area (Å²) >= 11 is 2.91. The monoisotopic (exact) mass is 603 g/mol. The van der Waals surface area contributed by atoms with Crippen LogP contribution in [-0.4, -0.2) is 85.6 Å². The SMILES string of the molecule is C=CCOC(=O)C1=C(S[C@H]2C[C@@H](C(O)c3csc4c[n+](C)cn34)N(C(=O)OCC=C)C2)[C@H](C)[C@@H]2[C@@H]([C@@H](C)O)C(=O)N12. The van der Waals surface area contributed by atoms with E-state index in [0.29, 0.717) is 17.0 Å². The minimum absolute atomic E-state index is 0.00588. The molecular formula is C28H35N4O7S2+. The zero-order valence-electron chi connectivity index (χ0n) is 23.2. The molecule has 0 radical (unpaired) electrons. The van der Waals surface area contributed by atoms with E-state index in [1.165, 1.54) is 45.1 Å². The van der Waals surface area contributed by atoms with Crippen LogP contribution in [-0.2, 0) is 26.1 Å². The number of aliphatic hydroxyl groups is 2. The van der Waals surface area contributed by atoms with E-state index >= 15 is 0 Å². The lowest BCUT2D eigenvalue weighted by atomic mass is 9.79. The molecule has 2 aromatic heterocycles. The standard InChI is InChI=1S/C28H35N4O7S2/c1-6-8-38-27(36)23-25(15(3)22-21(16(4)33)26(35)32(22)23)41-17-10-18(30(11-17)28(37)39-9-7-2)24(34)19-13-40-20-12-29(5)14-31(19)20/h6-7,12-18,21-22,24,33-34H,1-2,8-11H2,3-5H3/q+1/t15-,16-,17+,18+,21-,22-,24?/m1/s1. The van der Waals surface area contributed by atoms with Gasteiger partial charge in [0.1, 0.15) is 31.2 Å². The Morgan fingerprint density at radius 2 is 1.98 bits per heavy atom. The molecule has 0 spiro atoms. The highest BCUT2D eigenvalue weighted by Crippen LogP contribution is 2.53. The first-order valence-corrected chi connectivity index (χ1v) is 15.2. The Bertz CT molecular complexity index is 1420. The third-order valence-corrected chi connectivity index (χ3v) is 10.3. The van der Waals surface area contributed by atoms with Crippen LogP contribution in [0.5, 0.6) is 0 Å². The van der Waals surface area contributed by atoms with Crippen molar-refractivity contribution in [3.63, 3.8) is 0 Å². The highest BCUT2D eigenvalue weighted by Gasteiger charge is 2.60. The molecule has 3 aliphatic rings. The summed E-state index contributed by atoms with van der Waals surface area (Å²) in [7, 11) is 1.90. The lowest BCUT2D eigenvalue weighted by molar-refractivity contribution is -0.670. The maximum Gasteiger partial charge on any atom is 0.410 e. The zero-order valence-corrected chi connectivity index (χ0v) is 24.8. The number of hydrogen-bond acceptors (Lipinski definition) is 9. The number of aromatic nitrogens is 2. The van der Waals surface area contributed by atoms with Crippen LogP contribution in [0, 0.1) is 11.8 Å². The van der Waals surface area contributed by atoms with Gasteiger partial charge in [0.05, 0.1) is 31.2 Å². The highest BCUT2D eigenvalue weighted by molar-refractivity contribution is 8.03. The first kappa shape index (κ1) is 29.4. The third kappa shape index (κ3) is 5.09. The average Bonchev–Trinajstić information content (AvgIpc) is 3.67. The lowest BCUT2D eigenvalue weighted by Crippen LogP contribution is -2.63. The van der Waals surface area contributed by atoms with E-state index in [9.17, 15) is 24.6 Å². The summed E-state index contributed by atoms with van der Waals surface area (Å²) in [5.74, 6) is -1.78.